The van der Waals surface area contributed by atoms with Crippen LogP contribution in [0.1, 0.15) is 21.5 Å². The first-order valence-corrected chi connectivity index (χ1v) is 6.61. The van der Waals surface area contributed by atoms with Crippen molar-refractivity contribution in [3.8, 4) is 5.75 Å². The van der Waals surface area contributed by atoms with Crippen molar-refractivity contribution in [3.63, 3.8) is 0 Å². The molecule has 20 heavy (non-hydrogen) atoms. The number of carbonyl (C=O) groups excluding carboxylic acids is 1. The van der Waals surface area contributed by atoms with Crippen LogP contribution in [0.5, 0.6) is 5.75 Å². The van der Waals surface area contributed by atoms with Crippen LogP contribution in [0, 0.1) is 6.92 Å². The van der Waals surface area contributed by atoms with E-state index in [0.717, 1.165) is 11.1 Å². The summed E-state index contributed by atoms with van der Waals surface area (Å²) in [7, 11) is 0. The van der Waals surface area contributed by atoms with Gasteiger partial charge in [0.25, 0.3) is 0 Å². The van der Waals surface area contributed by atoms with E-state index in [0.29, 0.717) is 17.7 Å². The molecule has 104 valence electrons. The molecular weight excluding hydrogens is 252 g/mol. The van der Waals surface area contributed by atoms with Crippen molar-refractivity contribution in [1.29, 1.82) is 0 Å². The largest absolute Gasteiger partial charge is 0.485 e. The normalized spacial score (nSPS) is 10.3. The Labute approximate surface area is 118 Å². The molecule has 0 radical (unpaired) electrons. The minimum Gasteiger partial charge on any atom is -0.485 e. The van der Waals surface area contributed by atoms with Gasteiger partial charge in [0.05, 0.1) is 0 Å². The van der Waals surface area contributed by atoms with E-state index in [1.165, 1.54) is 0 Å². The Balaban J connectivity index is 1.91. The summed E-state index contributed by atoms with van der Waals surface area (Å²) >= 11 is 0. The molecule has 0 saturated heterocycles. The molecule has 0 fully saturated rings. The first kappa shape index (κ1) is 14.3. The molecule has 0 amide bonds. The molecule has 0 spiro atoms. The van der Waals surface area contributed by atoms with Crippen LogP contribution < -0.4 is 4.74 Å². The average Bonchev–Trinajstić information content (AvgIpc) is 2.47. The summed E-state index contributed by atoms with van der Waals surface area (Å²) in [6.45, 7) is 2.15. The van der Waals surface area contributed by atoms with E-state index < -0.39 is 0 Å². The molecule has 0 saturated carbocycles. The molecule has 0 bridgehead atoms. The van der Waals surface area contributed by atoms with Gasteiger partial charge in [-0.15, -0.1) is 0 Å². The lowest BCUT2D eigenvalue weighted by Gasteiger charge is -2.06. The zero-order valence-electron chi connectivity index (χ0n) is 11.5. The van der Waals surface area contributed by atoms with Crippen LogP contribution in [0.4, 0.5) is 0 Å². The molecule has 0 aliphatic heterocycles. The summed E-state index contributed by atoms with van der Waals surface area (Å²) in [4.78, 5) is 11.9. The topological polar surface area (TPSA) is 46.5 Å². The van der Waals surface area contributed by atoms with Gasteiger partial charge < -0.3 is 9.84 Å². The van der Waals surface area contributed by atoms with Gasteiger partial charge >= 0.3 is 0 Å². The molecule has 2 rings (SSSR count). The zero-order valence-corrected chi connectivity index (χ0v) is 11.5. The van der Waals surface area contributed by atoms with E-state index >= 15 is 0 Å². The molecule has 3 heteroatoms. The third-order valence-electron chi connectivity index (χ3n) is 3.07. The summed E-state index contributed by atoms with van der Waals surface area (Å²) in [5.74, 6) is 0.622. The minimum absolute atomic E-state index is 0.0302. The van der Waals surface area contributed by atoms with Crippen molar-refractivity contribution >= 4 is 5.78 Å². The Morgan fingerprint density at radius 3 is 2.30 bits per heavy atom. The summed E-state index contributed by atoms with van der Waals surface area (Å²) in [6.07, 6.45) is 0.628. The van der Waals surface area contributed by atoms with Gasteiger partial charge in [0.2, 0.25) is 0 Å². The van der Waals surface area contributed by atoms with Gasteiger partial charge in [-0.1, -0.05) is 42.0 Å². The molecule has 0 aromatic heterocycles. The number of hydrogen-bond acceptors (Lipinski definition) is 3. The monoisotopic (exact) mass is 270 g/mol. The maximum absolute atomic E-state index is 11.9. The van der Waals surface area contributed by atoms with Crippen LogP contribution in [0.2, 0.25) is 0 Å². The predicted octanol–water partition coefficient (Wildman–Crippen LogP) is 2.79. The van der Waals surface area contributed by atoms with Crippen molar-refractivity contribution in [3.05, 3.63) is 65.2 Å². The fourth-order valence-electron chi connectivity index (χ4n) is 1.85. The second kappa shape index (κ2) is 6.87. The Kier molecular flexibility index (Phi) is 4.91. The summed E-state index contributed by atoms with van der Waals surface area (Å²) in [6, 6.07) is 14.9. The summed E-state index contributed by atoms with van der Waals surface area (Å²) in [5.41, 5.74) is 2.83. The van der Waals surface area contributed by atoms with Crippen molar-refractivity contribution in [2.45, 2.75) is 13.3 Å². The highest BCUT2D eigenvalue weighted by Gasteiger charge is 2.06. The van der Waals surface area contributed by atoms with Crippen molar-refractivity contribution < 1.29 is 14.6 Å². The van der Waals surface area contributed by atoms with Gasteiger partial charge in [0, 0.05) is 12.2 Å². The Morgan fingerprint density at radius 2 is 1.70 bits per heavy atom. The van der Waals surface area contributed by atoms with Gasteiger partial charge in [0.1, 0.15) is 5.75 Å². The fraction of sp³-hybridized carbons (Fsp3) is 0.235. The highest BCUT2D eigenvalue weighted by atomic mass is 16.5. The van der Waals surface area contributed by atoms with E-state index in [1.807, 2.05) is 55.5 Å². The summed E-state index contributed by atoms with van der Waals surface area (Å²) in [5, 5.41) is 8.83. The van der Waals surface area contributed by atoms with E-state index in [-0.39, 0.29) is 19.0 Å². The smallest absolute Gasteiger partial charge is 0.200 e. The molecule has 0 unspecified atom stereocenters. The molecule has 3 nitrogen and oxygen atoms in total. The van der Waals surface area contributed by atoms with Gasteiger partial charge in [-0.3, -0.25) is 4.79 Å². The molecule has 0 aliphatic carbocycles. The number of ether oxygens (including phenoxy) is 1. The van der Waals surface area contributed by atoms with Crippen LogP contribution in [0.25, 0.3) is 0 Å². The molecule has 2 aromatic rings. The molecular formula is C17H18O3. The lowest BCUT2D eigenvalue weighted by molar-refractivity contribution is 0.0921. The lowest BCUT2D eigenvalue weighted by Crippen LogP contribution is -2.11. The van der Waals surface area contributed by atoms with Gasteiger partial charge in [0.15, 0.2) is 12.4 Å². The number of aliphatic hydroxyl groups excluding tert-OH is 1. The maximum atomic E-state index is 11.9. The maximum Gasteiger partial charge on any atom is 0.200 e. The van der Waals surface area contributed by atoms with E-state index in [1.54, 1.807) is 0 Å². The average molecular weight is 270 g/mol. The molecule has 0 aliphatic rings. The van der Waals surface area contributed by atoms with Crippen LogP contribution in [0.15, 0.2) is 48.5 Å². The second-order valence-corrected chi connectivity index (χ2v) is 4.70. The Bertz CT molecular complexity index is 556. The number of hydrogen-bond donors (Lipinski definition) is 1. The minimum atomic E-state index is -0.0376. The third kappa shape index (κ3) is 3.93. The Hall–Kier alpha value is -2.13. The number of rotatable bonds is 6. The first-order valence-electron chi connectivity index (χ1n) is 6.61. The predicted molar refractivity (Wildman–Crippen MR) is 78.2 cm³/mol. The number of Topliss-reactive ketones (excluding diaryl/α,β-unsaturated/α-hetero) is 1. The molecule has 1 N–H and O–H groups in total. The Morgan fingerprint density at radius 1 is 1.05 bits per heavy atom. The number of carbonyl (C=O) groups is 1. The number of benzene rings is 2. The molecule has 2 aromatic carbocycles. The van der Waals surface area contributed by atoms with Crippen molar-refractivity contribution in [2.24, 2.45) is 0 Å². The van der Waals surface area contributed by atoms with Gasteiger partial charge in [-0.25, -0.2) is 0 Å². The van der Waals surface area contributed by atoms with Gasteiger partial charge in [-0.2, -0.15) is 0 Å². The fourth-order valence-corrected chi connectivity index (χ4v) is 1.85. The van der Waals surface area contributed by atoms with Crippen LogP contribution in [-0.2, 0) is 6.42 Å². The van der Waals surface area contributed by atoms with Gasteiger partial charge in [-0.05, 0) is 31.0 Å². The number of aryl methyl sites for hydroxylation is 1. The van der Waals surface area contributed by atoms with Crippen molar-refractivity contribution in [2.75, 3.05) is 13.2 Å². The number of ketones is 1. The van der Waals surface area contributed by atoms with E-state index in [9.17, 15) is 4.79 Å². The molecule has 0 atom stereocenters. The summed E-state index contributed by atoms with van der Waals surface area (Å²) < 4.78 is 5.47. The van der Waals surface area contributed by atoms with E-state index in [4.69, 9.17) is 9.84 Å². The van der Waals surface area contributed by atoms with Crippen LogP contribution in [-0.4, -0.2) is 24.1 Å². The standard InChI is InChI=1S/C17H18O3/c1-13-2-6-15(7-3-13)17(19)12-20-16-8-4-14(5-9-16)10-11-18/h2-9,18H,10-12H2,1H3. The van der Waals surface area contributed by atoms with Crippen molar-refractivity contribution in [1.82, 2.24) is 0 Å². The SMILES string of the molecule is Cc1ccc(C(=O)COc2ccc(CCO)cc2)cc1. The number of aliphatic hydroxyl groups is 1. The first-order chi connectivity index (χ1) is 9.69. The quantitative estimate of drug-likeness (QED) is 0.821. The van der Waals surface area contributed by atoms with E-state index in [2.05, 4.69) is 0 Å². The third-order valence-corrected chi connectivity index (χ3v) is 3.07. The zero-order chi connectivity index (χ0) is 14.4. The highest BCUT2D eigenvalue weighted by molar-refractivity contribution is 5.97. The van der Waals surface area contributed by atoms with Crippen LogP contribution >= 0.6 is 0 Å². The molecule has 0 heterocycles. The highest BCUT2D eigenvalue weighted by Crippen LogP contribution is 2.13. The lowest BCUT2D eigenvalue weighted by atomic mass is 10.1. The second-order valence-electron chi connectivity index (χ2n) is 4.70. The van der Waals surface area contributed by atoms with Crippen LogP contribution in [0.3, 0.4) is 0 Å².